The van der Waals surface area contributed by atoms with Gasteiger partial charge in [0.2, 0.25) is 5.91 Å². The van der Waals surface area contributed by atoms with E-state index in [1.165, 1.54) is 24.9 Å². The van der Waals surface area contributed by atoms with Crippen LogP contribution in [0.4, 0.5) is 17.1 Å². The summed E-state index contributed by atoms with van der Waals surface area (Å²) in [6.07, 6.45) is 0. The van der Waals surface area contributed by atoms with Gasteiger partial charge in [0.15, 0.2) is 0 Å². The van der Waals surface area contributed by atoms with Gasteiger partial charge in [0.05, 0.1) is 48.0 Å². The third-order valence-electron chi connectivity index (χ3n) is 6.35. The van der Waals surface area contributed by atoms with Gasteiger partial charge in [-0.3, -0.25) is 9.52 Å². The lowest BCUT2D eigenvalue weighted by Gasteiger charge is -2.30. The molecule has 0 spiro atoms. The summed E-state index contributed by atoms with van der Waals surface area (Å²) < 4.78 is 39.9. The van der Waals surface area contributed by atoms with Gasteiger partial charge in [-0.25, -0.2) is 8.42 Å². The van der Waals surface area contributed by atoms with Crippen LogP contribution in [-0.4, -0.2) is 53.5 Å². The van der Waals surface area contributed by atoms with Crippen LogP contribution in [0.5, 0.6) is 5.75 Å². The highest BCUT2D eigenvalue weighted by molar-refractivity contribution is 8.00. The third kappa shape index (κ3) is 6.47. The fourth-order valence-electron chi connectivity index (χ4n) is 4.39. The summed E-state index contributed by atoms with van der Waals surface area (Å²) in [7, 11) is -2.48. The Morgan fingerprint density at radius 3 is 2.46 bits per heavy atom. The molecule has 0 radical (unpaired) electrons. The first-order valence-electron chi connectivity index (χ1n) is 12.5. The van der Waals surface area contributed by atoms with Crippen molar-refractivity contribution in [2.24, 2.45) is 0 Å². The van der Waals surface area contributed by atoms with Gasteiger partial charge in [-0.1, -0.05) is 42.5 Å². The van der Waals surface area contributed by atoms with Gasteiger partial charge in [-0.05, 0) is 53.2 Å². The number of carbonyl (C=O) groups is 1. The zero-order chi connectivity index (χ0) is 27.2. The molecule has 202 valence electrons. The van der Waals surface area contributed by atoms with Crippen molar-refractivity contribution in [2.45, 2.75) is 9.79 Å². The monoisotopic (exact) mass is 563 g/mol. The van der Waals surface area contributed by atoms with Crippen molar-refractivity contribution in [3.8, 4) is 5.75 Å². The van der Waals surface area contributed by atoms with Gasteiger partial charge in [-0.15, -0.1) is 11.8 Å². The first-order chi connectivity index (χ1) is 18.9. The molecule has 4 aromatic rings. The topological polar surface area (TPSA) is 97.0 Å². The number of methoxy groups -OCH3 is 1. The molecule has 4 aromatic carbocycles. The zero-order valence-electron chi connectivity index (χ0n) is 21.4. The van der Waals surface area contributed by atoms with Crippen LogP contribution in [0.1, 0.15) is 0 Å². The number of morpholine rings is 1. The lowest BCUT2D eigenvalue weighted by molar-refractivity contribution is -0.113. The number of hydrogen-bond donors (Lipinski definition) is 2. The number of anilines is 3. The Hall–Kier alpha value is -3.73. The molecule has 1 heterocycles. The molecule has 1 fully saturated rings. The van der Waals surface area contributed by atoms with Crippen molar-refractivity contribution in [1.29, 1.82) is 0 Å². The first kappa shape index (κ1) is 26.9. The number of fused-ring (bicyclic) bond motifs is 1. The van der Waals surface area contributed by atoms with Crippen molar-refractivity contribution in [1.82, 2.24) is 0 Å². The minimum absolute atomic E-state index is 0.0305. The summed E-state index contributed by atoms with van der Waals surface area (Å²) in [5, 5.41) is 5.20. The Morgan fingerprint density at radius 1 is 0.923 bits per heavy atom. The largest absolute Gasteiger partial charge is 0.495 e. The average molecular weight is 564 g/mol. The molecular formula is C29H29N3O5S2. The van der Waals surface area contributed by atoms with Crippen LogP contribution in [0.15, 0.2) is 94.7 Å². The molecule has 39 heavy (non-hydrogen) atoms. The summed E-state index contributed by atoms with van der Waals surface area (Å²) in [4.78, 5) is 16.2. The summed E-state index contributed by atoms with van der Waals surface area (Å²) in [6.45, 7) is 2.39. The average Bonchev–Trinajstić information content (AvgIpc) is 2.96. The molecule has 0 aromatic heterocycles. The zero-order valence-corrected chi connectivity index (χ0v) is 23.1. The molecular weight excluding hydrogens is 534 g/mol. The van der Waals surface area contributed by atoms with E-state index < -0.39 is 10.0 Å². The van der Waals surface area contributed by atoms with Crippen molar-refractivity contribution in [3.63, 3.8) is 0 Å². The number of rotatable bonds is 9. The molecule has 0 aliphatic carbocycles. The molecule has 8 nitrogen and oxygen atoms in total. The Kier molecular flexibility index (Phi) is 8.25. The Labute approximate surface area is 232 Å². The number of nitrogens with zero attached hydrogens (tertiary/aromatic N) is 1. The predicted molar refractivity (Wildman–Crippen MR) is 157 cm³/mol. The van der Waals surface area contributed by atoms with E-state index in [4.69, 9.17) is 9.47 Å². The fraction of sp³-hybridized carbons (Fsp3) is 0.207. The number of ether oxygens (including phenoxy) is 2. The summed E-state index contributed by atoms with van der Waals surface area (Å²) in [5.41, 5.74) is 1.51. The van der Waals surface area contributed by atoms with Crippen molar-refractivity contribution < 1.29 is 22.7 Å². The van der Waals surface area contributed by atoms with Gasteiger partial charge in [0.25, 0.3) is 10.0 Å². The fourth-order valence-corrected chi connectivity index (χ4v) is 6.23. The number of para-hydroxylation sites is 2. The second kappa shape index (κ2) is 12.0. The van der Waals surface area contributed by atoms with E-state index in [2.05, 4.69) is 21.0 Å². The molecule has 10 heteroatoms. The molecule has 1 saturated heterocycles. The van der Waals surface area contributed by atoms with Crippen LogP contribution in [0.25, 0.3) is 10.8 Å². The van der Waals surface area contributed by atoms with E-state index in [1.54, 1.807) is 36.4 Å². The highest BCUT2D eigenvalue weighted by atomic mass is 32.2. The van der Waals surface area contributed by atoms with Crippen molar-refractivity contribution in [2.75, 3.05) is 54.1 Å². The SMILES string of the molecule is COc1ccccc1NS(=O)(=O)c1ccc(N2CCOCC2)c(NC(=O)CSc2ccc3ccccc3c2)c1. The van der Waals surface area contributed by atoms with Crippen LogP contribution in [-0.2, 0) is 19.6 Å². The second-order valence-electron chi connectivity index (χ2n) is 8.93. The molecule has 0 saturated carbocycles. The Bertz CT molecular complexity index is 1590. The molecule has 5 rings (SSSR count). The van der Waals surface area contributed by atoms with E-state index in [1.807, 2.05) is 36.4 Å². The van der Waals surface area contributed by atoms with E-state index in [0.717, 1.165) is 21.4 Å². The molecule has 0 atom stereocenters. The number of benzene rings is 4. The van der Waals surface area contributed by atoms with Crippen LogP contribution in [0.2, 0.25) is 0 Å². The van der Waals surface area contributed by atoms with E-state index in [0.29, 0.717) is 43.4 Å². The number of carbonyl (C=O) groups excluding carboxylic acids is 1. The van der Waals surface area contributed by atoms with E-state index >= 15 is 0 Å². The van der Waals surface area contributed by atoms with Crippen molar-refractivity contribution >= 4 is 55.5 Å². The van der Waals surface area contributed by atoms with Crippen LogP contribution < -0.4 is 19.7 Å². The summed E-state index contributed by atoms with van der Waals surface area (Å²) in [5.74, 6) is 0.359. The number of thioether (sulfide) groups is 1. The van der Waals surface area contributed by atoms with Gasteiger partial charge < -0.3 is 19.7 Å². The lowest BCUT2D eigenvalue weighted by Crippen LogP contribution is -2.37. The van der Waals surface area contributed by atoms with Gasteiger partial charge in [0, 0.05) is 18.0 Å². The highest BCUT2D eigenvalue weighted by Gasteiger charge is 2.22. The smallest absolute Gasteiger partial charge is 0.262 e. The maximum Gasteiger partial charge on any atom is 0.262 e. The van der Waals surface area contributed by atoms with E-state index in [9.17, 15) is 13.2 Å². The number of hydrogen-bond acceptors (Lipinski definition) is 7. The maximum absolute atomic E-state index is 13.3. The molecule has 0 unspecified atom stereocenters. The van der Waals surface area contributed by atoms with Crippen LogP contribution in [0, 0.1) is 0 Å². The van der Waals surface area contributed by atoms with Crippen molar-refractivity contribution in [3.05, 3.63) is 84.9 Å². The summed E-state index contributed by atoms with van der Waals surface area (Å²) in [6, 6.07) is 25.7. The number of amides is 1. The predicted octanol–water partition coefficient (Wildman–Crippen LogP) is 5.22. The van der Waals surface area contributed by atoms with Gasteiger partial charge in [-0.2, -0.15) is 0 Å². The number of sulfonamides is 1. The highest BCUT2D eigenvalue weighted by Crippen LogP contribution is 2.32. The third-order valence-corrected chi connectivity index (χ3v) is 8.70. The molecule has 1 aliphatic rings. The normalized spacial score (nSPS) is 13.7. The molecule has 1 amide bonds. The minimum atomic E-state index is -3.96. The standard InChI is InChI=1S/C29H29N3O5S2/c1-36-28-9-5-4-8-25(28)31-39(34,35)24-12-13-27(32-14-16-37-17-15-32)26(19-24)30-29(33)20-38-23-11-10-21-6-2-3-7-22(21)18-23/h2-13,18-19,31H,14-17,20H2,1H3,(H,30,33). The van der Waals surface area contributed by atoms with Gasteiger partial charge in [0.1, 0.15) is 5.75 Å². The first-order valence-corrected chi connectivity index (χ1v) is 14.9. The summed E-state index contributed by atoms with van der Waals surface area (Å²) >= 11 is 1.43. The van der Waals surface area contributed by atoms with E-state index in [-0.39, 0.29) is 16.6 Å². The van der Waals surface area contributed by atoms with Gasteiger partial charge >= 0.3 is 0 Å². The van der Waals surface area contributed by atoms with Crippen LogP contribution >= 0.6 is 11.8 Å². The Morgan fingerprint density at radius 2 is 1.67 bits per heavy atom. The molecule has 1 aliphatic heterocycles. The Balaban J connectivity index is 1.37. The molecule has 0 bridgehead atoms. The molecule has 2 N–H and O–H groups in total. The quantitative estimate of drug-likeness (QED) is 0.270. The second-order valence-corrected chi connectivity index (χ2v) is 11.7. The number of nitrogens with one attached hydrogen (secondary N) is 2. The van der Waals surface area contributed by atoms with Crippen LogP contribution in [0.3, 0.4) is 0 Å². The maximum atomic E-state index is 13.3. The minimum Gasteiger partial charge on any atom is -0.495 e. The lowest BCUT2D eigenvalue weighted by atomic mass is 10.1.